The van der Waals surface area contributed by atoms with Crippen molar-refractivity contribution in [3.8, 4) is 22.5 Å². The second kappa shape index (κ2) is 6.44. The molecule has 0 unspecified atom stereocenters. The van der Waals surface area contributed by atoms with Crippen molar-refractivity contribution in [2.45, 2.75) is 6.54 Å². The minimum Gasteiger partial charge on any atom is -0.346 e. The molecule has 0 aliphatic heterocycles. The van der Waals surface area contributed by atoms with Crippen molar-refractivity contribution in [2.24, 2.45) is 0 Å². The molecule has 0 aliphatic carbocycles. The molecule has 4 aromatic heterocycles. The first-order valence-corrected chi connectivity index (χ1v) is 9.34. The van der Waals surface area contributed by atoms with Gasteiger partial charge < -0.3 is 9.55 Å². The monoisotopic (exact) mass is 375 g/mol. The highest BCUT2D eigenvalue weighted by Gasteiger charge is 2.18. The van der Waals surface area contributed by atoms with Crippen molar-refractivity contribution in [1.29, 1.82) is 0 Å². The summed E-state index contributed by atoms with van der Waals surface area (Å²) in [6.45, 7) is 0.612. The fraction of sp³-hybridized carbons (Fsp3) is 0.0500. The Morgan fingerprint density at radius 2 is 1.93 bits per heavy atom. The first kappa shape index (κ1) is 15.9. The maximum Gasteiger partial charge on any atom is 0.137 e. The van der Waals surface area contributed by atoms with Crippen LogP contribution in [0, 0.1) is 5.82 Å². The van der Waals surface area contributed by atoms with E-state index in [0.29, 0.717) is 6.54 Å². The Hall–Kier alpha value is -3.32. The standard InChI is InChI=1S/C20H14FN5S/c21-14-3-1-13(2-4-14)18-19(16-5-7-22-20-17(16)6-8-23-20)26(11-24-18)9-15-10-27-12-25-15/h1-8,10-12H,9H2,(H,22,23). The van der Waals surface area contributed by atoms with Crippen molar-refractivity contribution in [2.75, 3.05) is 0 Å². The zero-order valence-corrected chi connectivity index (χ0v) is 14.9. The number of fused-ring (bicyclic) bond motifs is 1. The van der Waals surface area contributed by atoms with Crippen LogP contribution in [0.4, 0.5) is 4.39 Å². The van der Waals surface area contributed by atoms with Crippen LogP contribution in [-0.2, 0) is 6.54 Å². The lowest BCUT2D eigenvalue weighted by Gasteiger charge is -2.11. The Balaban J connectivity index is 1.74. The van der Waals surface area contributed by atoms with E-state index in [2.05, 4.69) is 24.5 Å². The van der Waals surface area contributed by atoms with Crippen LogP contribution in [-0.4, -0.2) is 24.5 Å². The Morgan fingerprint density at radius 1 is 1.04 bits per heavy atom. The van der Waals surface area contributed by atoms with Gasteiger partial charge in [-0.3, -0.25) is 0 Å². The summed E-state index contributed by atoms with van der Waals surface area (Å²) in [4.78, 5) is 16.6. The van der Waals surface area contributed by atoms with Crippen molar-refractivity contribution in [3.05, 3.63) is 77.5 Å². The largest absolute Gasteiger partial charge is 0.346 e. The summed E-state index contributed by atoms with van der Waals surface area (Å²) in [6.07, 6.45) is 5.47. The molecule has 0 fully saturated rings. The van der Waals surface area contributed by atoms with Crippen molar-refractivity contribution >= 4 is 22.4 Å². The maximum atomic E-state index is 13.4. The molecule has 0 bridgehead atoms. The lowest BCUT2D eigenvalue weighted by Crippen LogP contribution is -2.01. The molecule has 0 saturated carbocycles. The maximum absolute atomic E-state index is 13.4. The van der Waals surface area contributed by atoms with Crippen LogP contribution < -0.4 is 0 Å². The number of imidazole rings is 1. The van der Waals surface area contributed by atoms with E-state index in [1.807, 2.05) is 35.5 Å². The number of pyridine rings is 1. The van der Waals surface area contributed by atoms with Gasteiger partial charge in [-0.15, -0.1) is 11.3 Å². The molecule has 132 valence electrons. The Morgan fingerprint density at radius 3 is 2.74 bits per heavy atom. The van der Waals surface area contributed by atoms with Crippen molar-refractivity contribution in [3.63, 3.8) is 0 Å². The number of benzene rings is 1. The molecular weight excluding hydrogens is 361 g/mol. The SMILES string of the molecule is Fc1ccc(-c2ncn(Cc3cscn3)c2-c2ccnc3[nH]ccc23)cc1. The molecule has 0 atom stereocenters. The summed E-state index contributed by atoms with van der Waals surface area (Å²) in [6, 6.07) is 10.4. The van der Waals surface area contributed by atoms with Crippen molar-refractivity contribution < 1.29 is 4.39 Å². The molecule has 1 aromatic carbocycles. The highest BCUT2D eigenvalue weighted by atomic mass is 32.1. The van der Waals surface area contributed by atoms with Gasteiger partial charge in [0.15, 0.2) is 0 Å². The molecule has 0 amide bonds. The lowest BCUT2D eigenvalue weighted by atomic mass is 10.0. The number of aromatic nitrogens is 5. The third-order valence-corrected chi connectivity index (χ3v) is 5.12. The van der Waals surface area contributed by atoms with E-state index in [1.165, 1.54) is 12.1 Å². The van der Waals surface area contributed by atoms with E-state index in [1.54, 1.807) is 29.7 Å². The van der Waals surface area contributed by atoms with Gasteiger partial charge >= 0.3 is 0 Å². The average molecular weight is 375 g/mol. The molecule has 0 saturated heterocycles. The second-order valence-corrected chi connectivity index (χ2v) is 6.87. The molecule has 5 nitrogen and oxygen atoms in total. The highest BCUT2D eigenvalue weighted by Crippen LogP contribution is 2.35. The molecule has 5 aromatic rings. The van der Waals surface area contributed by atoms with E-state index in [0.717, 1.165) is 39.2 Å². The second-order valence-electron chi connectivity index (χ2n) is 6.15. The van der Waals surface area contributed by atoms with Gasteiger partial charge in [-0.25, -0.2) is 19.3 Å². The van der Waals surface area contributed by atoms with E-state index >= 15 is 0 Å². The van der Waals surface area contributed by atoms with Crippen LogP contribution in [0.25, 0.3) is 33.5 Å². The van der Waals surface area contributed by atoms with Gasteiger partial charge in [0.1, 0.15) is 11.5 Å². The number of hydrogen-bond donors (Lipinski definition) is 1. The number of nitrogens with zero attached hydrogens (tertiary/aromatic N) is 4. The van der Waals surface area contributed by atoms with Crippen LogP contribution in [0.2, 0.25) is 0 Å². The third kappa shape index (κ3) is 2.82. The van der Waals surface area contributed by atoms with Crippen LogP contribution in [0.15, 0.2) is 66.0 Å². The van der Waals surface area contributed by atoms with Gasteiger partial charge in [0.2, 0.25) is 0 Å². The molecule has 0 spiro atoms. The van der Waals surface area contributed by atoms with Crippen molar-refractivity contribution in [1.82, 2.24) is 24.5 Å². The molecule has 5 rings (SSSR count). The molecular formula is C20H14FN5S. The Labute approximate surface area is 158 Å². The minimum absolute atomic E-state index is 0.265. The van der Waals surface area contributed by atoms with Gasteiger partial charge in [0.05, 0.1) is 35.5 Å². The summed E-state index contributed by atoms with van der Waals surface area (Å²) < 4.78 is 15.5. The first-order valence-electron chi connectivity index (χ1n) is 8.40. The molecule has 1 N–H and O–H groups in total. The van der Waals surface area contributed by atoms with E-state index in [-0.39, 0.29) is 5.82 Å². The first-order chi connectivity index (χ1) is 13.3. The number of hydrogen-bond acceptors (Lipinski definition) is 4. The van der Waals surface area contributed by atoms with Gasteiger partial charge in [-0.05, 0) is 36.4 Å². The summed E-state index contributed by atoms with van der Waals surface area (Å²) >= 11 is 1.57. The summed E-state index contributed by atoms with van der Waals surface area (Å²) in [5.41, 5.74) is 7.27. The average Bonchev–Trinajstić information content (AvgIpc) is 3.43. The number of H-pyrrole nitrogens is 1. The number of nitrogens with one attached hydrogen (secondary N) is 1. The summed E-state index contributed by atoms with van der Waals surface area (Å²) in [5.74, 6) is -0.265. The molecule has 4 heterocycles. The Bertz CT molecular complexity index is 1210. The van der Waals surface area contributed by atoms with Crippen LogP contribution in [0.3, 0.4) is 0 Å². The zero-order valence-electron chi connectivity index (χ0n) is 14.1. The third-order valence-electron chi connectivity index (χ3n) is 4.49. The van der Waals surface area contributed by atoms with Gasteiger partial charge in [-0.1, -0.05) is 0 Å². The van der Waals surface area contributed by atoms with E-state index < -0.39 is 0 Å². The quantitative estimate of drug-likeness (QED) is 0.494. The predicted octanol–water partition coefficient (Wildman–Crippen LogP) is 4.74. The molecule has 0 radical (unpaired) electrons. The number of halogens is 1. The van der Waals surface area contributed by atoms with Gasteiger partial charge in [0.25, 0.3) is 0 Å². The van der Waals surface area contributed by atoms with Crippen LogP contribution in [0.5, 0.6) is 0 Å². The topological polar surface area (TPSA) is 59.4 Å². The number of aromatic amines is 1. The van der Waals surface area contributed by atoms with Crippen LogP contribution >= 0.6 is 11.3 Å². The smallest absolute Gasteiger partial charge is 0.137 e. The number of rotatable bonds is 4. The fourth-order valence-electron chi connectivity index (χ4n) is 3.26. The van der Waals surface area contributed by atoms with E-state index in [4.69, 9.17) is 0 Å². The minimum atomic E-state index is -0.265. The van der Waals surface area contributed by atoms with Gasteiger partial charge in [0, 0.05) is 34.3 Å². The summed E-state index contributed by atoms with van der Waals surface area (Å²) in [7, 11) is 0. The van der Waals surface area contributed by atoms with Crippen LogP contribution in [0.1, 0.15) is 5.69 Å². The Kier molecular flexibility index (Phi) is 3.79. The normalized spacial score (nSPS) is 11.3. The van der Waals surface area contributed by atoms with E-state index in [9.17, 15) is 4.39 Å². The summed E-state index contributed by atoms with van der Waals surface area (Å²) in [5, 5.41) is 3.04. The zero-order chi connectivity index (χ0) is 18.2. The predicted molar refractivity (Wildman–Crippen MR) is 104 cm³/mol. The molecule has 27 heavy (non-hydrogen) atoms. The number of thiazole rings is 1. The molecule has 0 aliphatic rings. The highest BCUT2D eigenvalue weighted by molar-refractivity contribution is 7.07. The fourth-order valence-corrected chi connectivity index (χ4v) is 3.81. The lowest BCUT2D eigenvalue weighted by molar-refractivity contribution is 0.628. The molecule has 7 heteroatoms. The van der Waals surface area contributed by atoms with Gasteiger partial charge in [-0.2, -0.15) is 0 Å².